The van der Waals surface area contributed by atoms with Crippen LogP contribution >= 0.6 is 0 Å². The van der Waals surface area contributed by atoms with E-state index in [1.807, 2.05) is 0 Å². The zero-order chi connectivity index (χ0) is 16.5. The van der Waals surface area contributed by atoms with Gasteiger partial charge in [0, 0.05) is 5.92 Å². The molecule has 1 saturated heterocycles. The highest BCUT2D eigenvalue weighted by Crippen LogP contribution is 2.57. The molecule has 2 saturated carbocycles. The molecular weight excluding hydrogens is 287 g/mol. The standard InChI is InChI=1S/C19H27BO3/c1-17(2)18(3,4)23-20(22-17)15-9-5-13(6-10-15)16-11-12-19(16,21)14-7-8-14/h5-6,9-10,14,16,21H,7-8,11-12H2,1-4H3/t16?,19-/m1/s1. The number of hydrogen-bond donors (Lipinski definition) is 1. The molecule has 1 N–H and O–H groups in total. The van der Waals surface area contributed by atoms with E-state index in [4.69, 9.17) is 9.31 Å². The summed E-state index contributed by atoms with van der Waals surface area (Å²) < 4.78 is 12.2. The van der Waals surface area contributed by atoms with Gasteiger partial charge in [0.2, 0.25) is 0 Å². The Hall–Kier alpha value is -0.835. The van der Waals surface area contributed by atoms with Crippen LogP contribution in [-0.4, -0.2) is 29.0 Å². The van der Waals surface area contributed by atoms with Gasteiger partial charge in [-0.05, 0) is 70.3 Å². The van der Waals surface area contributed by atoms with Crippen LogP contribution in [0.15, 0.2) is 24.3 Å². The molecule has 4 rings (SSSR count). The largest absolute Gasteiger partial charge is 0.494 e. The summed E-state index contributed by atoms with van der Waals surface area (Å²) in [4.78, 5) is 0. The van der Waals surface area contributed by atoms with Gasteiger partial charge in [0.1, 0.15) is 0 Å². The molecule has 4 heteroatoms. The number of hydrogen-bond acceptors (Lipinski definition) is 3. The van der Waals surface area contributed by atoms with Gasteiger partial charge < -0.3 is 14.4 Å². The van der Waals surface area contributed by atoms with E-state index in [0.717, 1.165) is 18.3 Å². The molecule has 1 aliphatic heterocycles. The Morgan fingerprint density at radius 2 is 1.52 bits per heavy atom. The molecular formula is C19H27BO3. The second-order valence-corrected chi connectivity index (χ2v) is 8.61. The molecule has 1 aromatic rings. The molecule has 0 radical (unpaired) electrons. The number of aliphatic hydroxyl groups is 1. The van der Waals surface area contributed by atoms with Gasteiger partial charge in [-0.25, -0.2) is 0 Å². The summed E-state index contributed by atoms with van der Waals surface area (Å²) in [5.41, 5.74) is 1.26. The Kier molecular flexibility index (Phi) is 3.30. The summed E-state index contributed by atoms with van der Waals surface area (Å²) in [6.45, 7) is 8.30. The molecule has 1 aromatic carbocycles. The van der Waals surface area contributed by atoms with Crippen molar-refractivity contribution in [3.63, 3.8) is 0 Å². The summed E-state index contributed by atoms with van der Waals surface area (Å²) >= 11 is 0. The first-order valence-corrected chi connectivity index (χ1v) is 8.91. The van der Waals surface area contributed by atoms with E-state index in [1.165, 1.54) is 18.4 Å². The lowest BCUT2D eigenvalue weighted by molar-refractivity contribution is -0.0769. The van der Waals surface area contributed by atoms with Gasteiger partial charge in [-0.2, -0.15) is 0 Å². The van der Waals surface area contributed by atoms with Gasteiger partial charge in [-0.15, -0.1) is 0 Å². The maximum absolute atomic E-state index is 10.8. The Morgan fingerprint density at radius 3 is 1.96 bits per heavy atom. The first kappa shape index (κ1) is 15.7. The summed E-state index contributed by atoms with van der Waals surface area (Å²) in [6.07, 6.45) is 4.45. The maximum Gasteiger partial charge on any atom is 0.494 e. The molecule has 23 heavy (non-hydrogen) atoms. The zero-order valence-corrected chi connectivity index (χ0v) is 14.6. The van der Waals surface area contributed by atoms with Crippen molar-refractivity contribution < 1.29 is 14.4 Å². The van der Waals surface area contributed by atoms with Crippen LogP contribution in [0.5, 0.6) is 0 Å². The van der Waals surface area contributed by atoms with Crippen LogP contribution in [0, 0.1) is 5.92 Å². The Morgan fingerprint density at radius 1 is 0.957 bits per heavy atom. The number of benzene rings is 1. The number of rotatable bonds is 3. The third kappa shape index (κ3) is 2.38. The minimum atomic E-state index is -0.439. The minimum absolute atomic E-state index is 0.308. The maximum atomic E-state index is 10.8. The Balaban J connectivity index is 1.51. The molecule has 1 unspecified atom stereocenters. The van der Waals surface area contributed by atoms with Crippen LogP contribution in [0.25, 0.3) is 0 Å². The van der Waals surface area contributed by atoms with Crippen molar-refractivity contribution in [1.82, 2.24) is 0 Å². The van der Waals surface area contributed by atoms with Crippen molar-refractivity contribution in [2.75, 3.05) is 0 Å². The van der Waals surface area contributed by atoms with Crippen LogP contribution in [0.4, 0.5) is 0 Å². The molecule has 0 amide bonds. The fourth-order valence-corrected chi connectivity index (χ4v) is 3.98. The fraction of sp³-hybridized carbons (Fsp3) is 0.684. The van der Waals surface area contributed by atoms with Gasteiger partial charge in [-0.3, -0.25) is 0 Å². The van der Waals surface area contributed by atoms with Gasteiger partial charge >= 0.3 is 7.12 Å². The van der Waals surface area contributed by atoms with Gasteiger partial charge in [-0.1, -0.05) is 24.3 Å². The predicted octanol–water partition coefficient (Wildman–Crippen LogP) is 3.00. The van der Waals surface area contributed by atoms with E-state index in [-0.39, 0.29) is 18.3 Å². The van der Waals surface area contributed by atoms with E-state index in [0.29, 0.717) is 11.8 Å². The van der Waals surface area contributed by atoms with Crippen molar-refractivity contribution in [2.24, 2.45) is 5.92 Å². The average molecular weight is 314 g/mol. The SMILES string of the molecule is CC1(C)OB(c2ccc(C3CC[C@@]3(O)C3CC3)cc2)OC1(C)C. The van der Waals surface area contributed by atoms with E-state index in [9.17, 15) is 5.11 Å². The smallest absolute Gasteiger partial charge is 0.399 e. The monoisotopic (exact) mass is 314 g/mol. The normalized spacial score (nSPS) is 35.2. The topological polar surface area (TPSA) is 38.7 Å². The molecule has 124 valence electrons. The van der Waals surface area contributed by atoms with Crippen LogP contribution < -0.4 is 5.46 Å². The highest BCUT2D eigenvalue weighted by atomic mass is 16.7. The van der Waals surface area contributed by atoms with Crippen LogP contribution in [0.3, 0.4) is 0 Å². The minimum Gasteiger partial charge on any atom is -0.399 e. The molecule has 3 fully saturated rings. The van der Waals surface area contributed by atoms with E-state index in [2.05, 4.69) is 52.0 Å². The van der Waals surface area contributed by atoms with Crippen LogP contribution in [-0.2, 0) is 9.31 Å². The van der Waals surface area contributed by atoms with Crippen molar-refractivity contribution >= 4 is 12.6 Å². The summed E-state index contributed by atoms with van der Waals surface area (Å²) in [5.74, 6) is 0.839. The van der Waals surface area contributed by atoms with Crippen LogP contribution in [0.2, 0.25) is 0 Å². The van der Waals surface area contributed by atoms with Crippen LogP contribution in [0.1, 0.15) is 64.9 Å². The van der Waals surface area contributed by atoms with E-state index in [1.54, 1.807) is 0 Å². The molecule has 3 nitrogen and oxygen atoms in total. The van der Waals surface area contributed by atoms with E-state index >= 15 is 0 Å². The first-order chi connectivity index (χ1) is 10.7. The Labute approximate surface area is 139 Å². The molecule has 0 spiro atoms. The predicted molar refractivity (Wildman–Crippen MR) is 91.8 cm³/mol. The van der Waals surface area contributed by atoms with Crippen molar-refractivity contribution in [2.45, 2.75) is 76.1 Å². The molecule has 3 aliphatic rings. The van der Waals surface area contributed by atoms with E-state index < -0.39 is 5.60 Å². The highest BCUT2D eigenvalue weighted by molar-refractivity contribution is 6.62. The second kappa shape index (κ2) is 4.84. The van der Waals surface area contributed by atoms with Crippen molar-refractivity contribution in [1.29, 1.82) is 0 Å². The molecule has 2 aliphatic carbocycles. The highest BCUT2D eigenvalue weighted by Gasteiger charge is 2.55. The third-order valence-corrected chi connectivity index (χ3v) is 6.59. The third-order valence-electron chi connectivity index (χ3n) is 6.59. The molecule has 1 heterocycles. The summed E-state index contributed by atoms with van der Waals surface area (Å²) in [5, 5.41) is 10.8. The molecule has 0 bridgehead atoms. The van der Waals surface area contributed by atoms with Crippen molar-refractivity contribution in [3.05, 3.63) is 29.8 Å². The lowest BCUT2D eigenvalue weighted by Crippen LogP contribution is -2.47. The lowest BCUT2D eigenvalue weighted by atomic mass is 9.63. The fourth-order valence-electron chi connectivity index (χ4n) is 3.98. The lowest BCUT2D eigenvalue weighted by Gasteiger charge is -2.46. The summed E-state index contributed by atoms with van der Waals surface area (Å²) in [6, 6.07) is 8.50. The van der Waals surface area contributed by atoms with Gasteiger partial charge in [0.15, 0.2) is 0 Å². The molecule has 2 atom stereocenters. The second-order valence-electron chi connectivity index (χ2n) is 8.61. The molecule has 0 aromatic heterocycles. The van der Waals surface area contributed by atoms with Gasteiger partial charge in [0.25, 0.3) is 0 Å². The zero-order valence-electron chi connectivity index (χ0n) is 14.6. The summed E-state index contributed by atoms with van der Waals surface area (Å²) in [7, 11) is -0.308. The average Bonchev–Trinajstić information content (AvgIpc) is 3.26. The first-order valence-electron chi connectivity index (χ1n) is 8.91. The quantitative estimate of drug-likeness (QED) is 0.872. The van der Waals surface area contributed by atoms with Crippen molar-refractivity contribution in [3.8, 4) is 0 Å². The van der Waals surface area contributed by atoms with Gasteiger partial charge in [0.05, 0.1) is 16.8 Å². The Bertz CT molecular complexity index is 590.